The fraction of sp³-hybridized carbons (Fsp3) is 0.172. The number of nitrogens with zero attached hydrogens (tertiary/aromatic N) is 2. The van der Waals surface area contributed by atoms with Gasteiger partial charge in [0.25, 0.3) is 11.1 Å². The van der Waals surface area contributed by atoms with E-state index < -0.39 is 0 Å². The molecule has 0 saturated carbocycles. The third-order valence-corrected chi connectivity index (χ3v) is 7.80. The van der Waals surface area contributed by atoms with Gasteiger partial charge in [0.2, 0.25) is 0 Å². The largest absolute Gasteiger partial charge is 0.492 e. The van der Waals surface area contributed by atoms with E-state index in [1.54, 1.807) is 12.1 Å². The van der Waals surface area contributed by atoms with Crippen LogP contribution in [0.5, 0.6) is 5.75 Å². The van der Waals surface area contributed by atoms with Crippen LogP contribution in [0.3, 0.4) is 0 Å². The van der Waals surface area contributed by atoms with Crippen LogP contribution in [0.2, 0.25) is 10.0 Å². The number of fused-ring (bicyclic) bond motifs is 1. The fourth-order valence-electron chi connectivity index (χ4n) is 4.44. The molecule has 0 radical (unpaired) electrons. The first-order valence-corrected chi connectivity index (χ1v) is 13.6. The summed E-state index contributed by atoms with van der Waals surface area (Å²) in [6, 6.07) is 17.1. The molecular formula is C29H23Cl2FN2O3S. The minimum Gasteiger partial charge on any atom is -0.492 e. The van der Waals surface area contributed by atoms with E-state index in [1.165, 1.54) is 34.7 Å². The smallest absolute Gasteiger partial charge is 0.293 e. The van der Waals surface area contributed by atoms with Gasteiger partial charge in [-0.1, -0.05) is 54.4 Å². The first-order chi connectivity index (χ1) is 18.3. The molecule has 0 atom stereocenters. The van der Waals surface area contributed by atoms with Gasteiger partial charge in [-0.05, 0) is 71.8 Å². The van der Waals surface area contributed by atoms with E-state index in [1.807, 2.05) is 30.5 Å². The molecule has 0 aliphatic carbocycles. The molecule has 1 saturated heterocycles. The maximum atomic E-state index is 13.1. The second-order valence-corrected chi connectivity index (χ2v) is 10.6. The molecule has 4 aromatic rings. The lowest BCUT2D eigenvalue weighted by Gasteiger charge is -2.13. The molecular weight excluding hydrogens is 546 g/mol. The standard InChI is InChI=1S/C29H23Cl2FN2O3S/c1-2-18-4-3-5-24-20(17-33(27(18)24)16-19-6-7-21(30)15-25(19)31)14-26-28(35)34(29(36)38-26)12-13-37-23-10-8-22(32)9-11-23/h3-11,14-15,17H,2,12-13,16H2,1H3/b26-14-. The van der Waals surface area contributed by atoms with Crippen LogP contribution in [0.4, 0.5) is 9.18 Å². The predicted molar refractivity (Wildman–Crippen MR) is 151 cm³/mol. The highest BCUT2D eigenvalue weighted by Gasteiger charge is 2.35. The molecule has 194 valence electrons. The summed E-state index contributed by atoms with van der Waals surface area (Å²) in [5.41, 5.74) is 3.98. The highest BCUT2D eigenvalue weighted by molar-refractivity contribution is 8.18. The normalized spacial score (nSPS) is 14.7. The Morgan fingerprint density at radius 3 is 2.55 bits per heavy atom. The molecule has 0 unspecified atom stereocenters. The van der Waals surface area contributed by atoms with E-state index in [-0.39, 0.29) is 30.1 Å². The minimum atomic E-state index is -0.365. The van der Waals surface area contributed by atoms with Crippen molar-refractivity contribution in [3.63, 3.8) is 0 Å². The van der Waals surface area contributed by atoms with Crippen molar-refractivity contribution in [2.24, 2.45) is 0 Å². The second-order valence-electron chi connectivity index (χ2n) is 8.75. The molecule has 1 aromatic heterocycles. The third kappa shape index (κ3) is 5.46. The van der Waals surface area contributed by atoms with Gasteiger partial charge in [0.1, 0.15) is 18.2 Å². The van der Waals surface area contributed by atoms with Gasteiger partial charge in [0.15, 0.2) is 0 Å². The molecule has 1 aliphatic heterocycles. The van der Waals surface area contributed by atoms with E-state index in [0.717, 1.165) is 40.2 Å². The number of aromatic nitrogens is 1. The summed E-state index contributed by atoms with van der Waals surface area (Å²) in [6.45, 7) is 2.83. The van der Waals surface area contributed by atoms with E-state index in [2.05, 4.69) is 17.6 Å². The van der Waals surface area contributed by atoms with Crippen LogP contribution < -0.4 is 4.74 Å². The summed E-state index contributed by atoms with van der Waals surface area (Å²) in [5, 5.41) is 1.79. The van der Waals surface area contributed by atoms with Crippen molar-refractivity contribution in [2.45, 2.75) is 19.9 Å². The van der Waals surface area contributed by atoms with Crippen LogP contribution >= 0.6 is 35.0 Å². The number of aryl methyl sites for hydroxylation is 1. The fourth-order valence-corrected chi connectivity index (χ4v) is 5.77. The van der Waals surface area contributed by atoms with E-state index >= 15 is 0 Å². The first kappa shape index (κ1) is 26.4. The zero-order valence-corrected chi connectivity index (χ0v) is 22.7. The van der Waals surface area contributed by atoms with Crippen molar-refractivity contribution >= 4 is 63.1 Å². The third-order valence-electron chi connectivity index (χ3n) is 6.31. The Hall–Kier alpha value is -3.26. The van der Waals surface area contributed by atoms with Gasteiger partial charge in [0.05, 0.1) is 17.0 Å². The number of para-hydroxylation sites is 1. The van der Waals surface area contributed by atoms with Gasteiger partial charge in [-0.3, -0.25) is 14.5 Å². The van der Waals surface area contributed by atoms with Crippen molar-refractivity contribution in [3.05, 3.63) is 104 Å². The molecule has 5 rings (SSSR count). The number of ether oxygens (including phenoxy) is 1. The Morgan fingerprint density at radius 1 is 1.03 bits per heavy atom. The zero-order valence-electron chi connectivity index (χ0n) is 20.4. The lowest BCUT2D eigenvalue weighted by molar-refractivity contribution is -0.123. The number of thioether (sulfide) groups is 1. The molecule has 0 bridgehead atoms. The summed E-state index contributed by atoms with van der Waals surface area (Å²) < 4.78 is 20.8. The number of halogens is 3. The van der Waals surface area contributed by atoms with Crippen molar-refractivity contribution in [1.82, 2.24) is 9.47 Å². The molecule has 2 amide bonds. The Kier molecular flexibility index (Phi) is 7.79. The predicted octanol–water partition coefficient (Wildman–Crippen LogP) is 7.81. The number of rotatable bonds is 8. The molecule has 38 heavy (non-hydrogen) atoms. The Bertz CT molecular complexity index is 1570. The highest BCUT2D eigenvalue weighted by Crippen LogP contribution is 2.35. The molecule has 3 aromatic carbocycles. The summed E-state index contributed by atoms with van der Waals surface area (Å²) in [4.78, 5) is 27.3. The first-order valence-electron chi connectivity index (χ1n) is 12.0. The van der Waals surface area contributed by atoms with Gasteiger partial charge in [0, 0.05) is 33.7 Å². The van der Waals surface area contributed by atoms with Crippen LogP contribution in [0.1, 0.15) is 23.6 Å². The van der Waals surface area contributed by atoms with Crippen LogP contribution in [0, 0.1) is 5.82 Å². The van der Waals surface area contributed by atoms with Crippen molar-refractivity contribution < 1.29 is 18.7 Å². The second kappa shape index (κ2) is 11.2. The maximum absolute atomic E-state index is 13.1. The lowest BCUT2D eigenvalue weighted by atomic mass is 10.1. The number of benzene rings is 3. The molecule has 5 nitrogen and oxygen atoms in total. The number of imide groups is 1. The summed E-state index contributed by atoms with van der Waals surface area (Å²) in [5.74, 6) is -0.262. The van der Waals surface area contributed by atoms with Gasteiger partial charge in [-0.25, -0.2) is 4.39 Å². The number of amides is 2. The molecule has 1 aliphatic rings. The van der Waals surface area contributed by atoms with Crippen LogP contribution in [0.15, 0.2) is 71.8 Å². The summed E-state index contributed by atoms with van der Waals surface area (Å²) >= 11 is 13.5. The Morgan fingerprint density at radius 2 is 1.82 bits per heavy atom. The van der Waals surface area contributed by atoms with Gasteiger partial charge in [-0.15, -0.1) is 0 Å². The van der Waals surface area contributed by atoms with Gasteiger partial charge >= 0.3 is 0 Å². The molecule has 2 heterocycles. The highest BCUT2D eigenvalue weighted by atomic mass is 35.5. The van der Waals surface area contributed by atoms with Crippen LogP contribution in [-0.4, -0.2) is 33.8 Å². The molecule has 9 heteroatoms. The van der Waals surface area contributed by atoms with E-state index in [4.69, 9.17) is 27.9 Å². The molecule has 0 N–H and O–H groups in total. The molecule has 1 fully saturated rings. The molecule has 0 spiro atoms. The van der Waals surface area contributed by atoms with Gasteiger partial charge < -0.3 is 9.30 Å². The van der Waals surface area contributed by atoms with Crippen molar-refractivity contribution in [2.75, 3.05) is 13.2 Å². The van der Waals surface area contributed by atoms with E-state index in [0.29, 0.717) is 27.2 Å². The van der Waals surface area contributed by atoms with Crippen LogP contribution in [0.25, 0.3) is 17.0 Å². The average Bonchev–Trinajstić information content (AvgIpc) is 3.38. The number of carbonyl (C=O) groups excluding carboxylic acids is 2. The van der Waals surface area contributed by atoms with Gasteiger partial charge in [-0.2, -0.15) is 0 Å². The maximum Gasteiger partial charge on any atom is 0.293 e. The van der Waals surface area contributed by atoms with Crippen molar-refractivity contribution in [3.8, 4) is 5.75 Å². The SMILES string of the molecule is CCc1cccc2c(/C=C3\SC(=O)N(CCOc4ccc(F)cc4)C3=O)cn(Cc3ccc(Cl)cc3Cl)c12. The zero-order chi connectivity index (χ0) is 26.8. The number of hydrogen-bond donors (Lipinski definition) is 0. The Labute approximate surface area is 233 Å². The summed E-state index contributed by atoms with van der Waals surface area (Å²) in [7, 11) is 0. The number of hydrogen-bond acceptors (Lipinski definition) is 4. The Balaban J connectivity index is 1.41. The lowest BCUT2D eigenvalue weighted by Crippen LogP contribution is -2.32. The number of carbonyl (C=O) groups is 2. The summed E-state index contributed by atoms with van der Waals surface area (Å²) in [6.07, 6.45) is 4.59. The average molecular weight is 569 g/mol. The monoisotopic (exact) mass is 568 g/mol. The van der Waals surface area contributed by atoms with E-state index in [9.17, 15) is 14.0 Å². The quantitative estimate of drug-likeness (QED) is 0.203. The van der Waals surface area contributed by atoms with Crippen molar-refractivity contribution in [1.29, 1.82) is 0 Å². The minimum absolute atomic E-state index is 0.0934. The van der Waals surface area contributed by atoms with Crippen LogP contribution in [-0.2, 0) is 17.8 Å². The topological polar surface area (TPSA) is 51.5 Å².